The van der Waals surface area contributed by atoms with Crippen molar-refractivity contribution in [3.8, 4) is 0 Å². The number of hydrogen-bond donors (Lipinski definition) is 2. The lowest BCUT2D eigenvalue weighted by molar-refractivity contribution is -0.159. The number of hydrogen-bond acceptors (Lipinski definition) is 6. The highest BCUT2D eigenvalue weighted by Gasteiger charge is 2.32. The minimum Gasteiger partial charge on any atom is -0.467 e. The third kappa shape index (κ3) is 7.18. The average molecular weight is 405 g/mol. The second kappa shape index (κ2) is 9.05. The number of halogens is 3. The Bertz CT molecular complexity index is 710. The SMILES string of the molecule is COC(=O)[C@@H](CC(=O)OC(C)(C)C)NC(=O)[C@@H](O)c1ccc(C(F)(F)F)cc1. The smallest absolute Gasteiger partial charge is 0.416 e. The summed E-state index contributed by atoms with van der Waals surface area (Å²) in [5.74, 6) is -2.82. The van der Waals surface area contributed by atoms with Crippen LogP contribution >= 0.6 is 0 Å². The van der Waals surface area contributed by atoms with Crippen LogP contribution in [-0.2, 0) is 30.0 Å². The Morgan fingerprint density at radius 1 is 1.11 bits per heavy atom. The molecule has 156 valence electrons. The van der Waals surface area contributed by atoms with E-state index in [0.29, 0.717) is 12.1 Å². The normalized spacial score (nSPS) is 14.0. The van der Waals surface area contributed by atoms with Gasteiger partial charge in [-0.2, -0.15) is 13.2 Å². The number of ether oxygens (including phenoxy) is 2. The van der Waals surface area contributed by atoms with E-state index in [0.717, 1.165) is 19.2 Å². The van der Waals surface area contributed by atoms with Gasteiger partial charge in [0.1, 0.15) is 11.6 Å². The van der Waals surface area contributed by atoms with E-state index in [1.165, 1.54) is 0 Å². The zero-order chi connectivity index (χ0) is 21.7. The Kier molecular flexibility index (Phi) is 7.57. The maximum absolute atomic E-state index is 12.6. The molecule has 0 saturated heterocycles. The quantitative estimate of drug-likeness (QED) is 0.703. The van der Waals surface area contributed by atoms with Crippen LogP contribution in [0, 0.1) is 0 Å². The lowest BCUT2D eigenvalue weighted by Gasteiger charge is -2.22. The molecule has 0 aromatic heterocycles. The molecule has 0 fully saturated rings. The monoisotopic (exact) mass is 405 g/mol. The molecule has 2 N–H and O–H groups in total. The number of aliphatic hydroxyl groups is 1. The fourth-order valence-electron chi connectivity index (χ4n) is 2.14. The van der Waals surface area contributed by atoms with Crippen molar-refractivity contribution in [2.45, 2.75) is 51.1 Å². The van der Waals surface area contributed by atoms with Crippen molar-refractivity contribution in [1.82, 2.24) is 5.32 Å². The lowest BCUT2D eigenvalue weighted by Crippen LogP contribution is -2.45. The molecule has 0 heterocycles. The van der Waals surface area contributed by atoms with Gasteiger partial charge in [-0.05, 0) is 38.5 Å². The van der Waals surface area contributed by atoms with Gasteiger partial charge >= 0.3 is 18.1 Å². The molecule has 0 spiro atoms. The third-order valence-corrected chi connectivity index (χ3v) is 3.40. The summed E-state index contributed by atoms with van der Waals surface area (Å²) in [6, 6.07) is 1.87. The van der Waals surface area contributed by atoms with E-state index in [1.54, 1.807) is 20.8 Å². The molecule has 2 atom stereocenters. The van der Waals surface area contributed by atoms with Crippen LogP contribution in [0.3, 0.4) is 0 Å². The minimum atomic E-state index is -4.56. The molecule has 0 bridgehead atoms. The van der Waals surface area contributed by atoms with Crippen molar-refractivity contribution >= 4 is 17.8 Å². The number of nitrogens with one attached hydrogen (secondary N) is 1. The van der Waals surface area contributed by atoms with Crippen LogP contribution < -0.4 is 5.32 Å². The topological polar surface area (TPSA) is 102 Å². The molecule has 1 aromatic rings. The first kappa shape index (κ1) is 23.4. The first-order chi connectivity index (χ1) is 12.7. The Hall–Kier alpha value is -2.62. The predicted molar refractivity (Wildman–Crippen MR) is 90.8 cm³/mol. The van der Waals surface area contributed by atoms with Gasteiger partial charge in [-0.25, -0.2) is 4.79 Å². The van der Waals surface area contributed by atoms with Crippen molar-refractivity contribution in [2.75, 3.05) is 7.11 Å². The highest BCUT2D eigenvalue weighted by atomic mass is 19.4. The number of amides is 1. The van der Waals surface area contributed by atoms with Crippen LogP contribution in [0.15, 0.2) is 24.3 Å². The summed E-state index contributed by atoms with van der Waals surface area (Å²) in [6.07, 6.45) is -6.96. The summed E-state index contributed by atoms with van der Waals surface area (Å²) in [5, 5.41) is 12.2. The Labute approximate surface area is 159 Å². The zero-order valence-electron chi connectivity index (χ0n) is 15.8. The number of benzene rings is 1. The second-order valence-corrected chi connectivity index (χ2v) is 6.90. The van der Waals surface area contributed by atoms with E-state index in [9.17, 15) is 32.7 Å². The number of methoxy groups -OCH3 is 1. The molecule has 10 heteroatoms. The van der Waals surface area contributed by atoms with Gasteiger partial charge in [0.2, 0.25) is 0 Å². The van der Waals surface area contributed by atoms with Crippen molar-refractivity contribution in [3.05, 3.63) is 35.4 Å². The van der Waals surface area contributed by atoms with E-state index < -0.39 is 53.8 Å². The Balaban J connectivity index is 2.86. The standard InChI is InChI=1S/C18H22F3NO6/c1-17(2,3)28-13(23)9-12(16(26)27-4)22-15(25)14(24)10-5-7-11(8-6-10)18(19,20)21/h5-8,12,14,24H,9H2,1-4H3,(H,22,25)/t12-,14+/m1/s1. The summed E-state index contributed by atoms with van der Waals surface area (Å²) in [4.78, 5) is 35.9. The van der Waals surface area contributed by atoms with Crippen LogP contribution in [0.1, 0.15) is 44.4 Å². The Morgan fingerprint density at radius 3 is 2.07 bits per heavy atom. The van der Waals surface area contributed by atoms with Gasteiger partial charge in [0, 0.05) is 0 Å². The molecule has 0 saturated carbocycles. The number of aliphatic hydroxyl groups excluding tert-OH is 1. The predicted octanol–water partition coefficient (Wildman–Crippen LogP) is 2.13. The largest absolute Gasteiger partial charge is 0.467 e. The van der Waals surface area contributed by atoms with Gasteiger partial charge in [0.25, 0.3) is 5.91 Å². The van der Waals surface area contributed by atoms with Crippen LogP contribution in [0.25, 0.3) is 0 Å². The summed E-state index contributed by atoms with van der Waals surface area (Å²) < 4.78 is 47.3. The highest BCUT2D eigenvalue weighted by molar-refractivity contribution is 5.90. The molecular formula is C18H22F3NO6. The number of carbonyl (C=O) groups is 3. The van der Waals surface area contributed by atoms with E-state index in [-0.39, 0.29) is 5.56 Å². The van der Waals surface area contributed by atoms with Crippen LogP contribution in [0.4, 0.5) is 13.2 Å². The molecule has 1 rings (SSSR count). The fraction of sp³-hybridized carbons (Fsp3) is 0.500. The number of esters is 2. The maximum atomic E-state index is 12.6. The van der Waals surface area contributed by atoms with Crippen molar-refractivity contribution in [1.29, 1.82) is 0 Å². The van der Waals surface area contributed by atoms with E-state index in [1.807, 2.05) is 0 Å². The Morgan fingerprint density at radius 2 is 1.64 bits per heavy atom. The van der Waals surface area contributed by atoms with E-state index in [2.05, 4.69) is 10.1 Å². The molecule has 7 nitrogen and oxygen atoms in total. The van der Waals surface area contributed by atoms with Gasteiger partial charge in [0.05, 0.1) is 19.1 Å². The highest BCUT2D eigenvalue weighted by Crippen LogP contribution is 2.30. The summed E-state index contributed by atoms with van der Waals surface area (Å²) in [6.45, 7) is 4.85. The summed E-state index contributed by atoms with van der Waals surface area (Å²) in [5.41, 5.74) is -1.88. The molecule has 0 aliphatic rings. The first-order valence-electron chi connectivity index (χ1n) is 8.20. The van der Waals surface area contributed by atoms with E-state index >= 15 is 0 Å². The molecule has 0 unspecified atom stereocenters. The van der Waals surface area contributed by atoms with Gasteiger partial charge in [-0.1, -0.05) is 12.1 Å². The molecule has 0 aliphatic heterocycles. The number of alkyl halides is 3. The van der Waals surface area contributed by atoms with Crippen molar-refractivity contribution in [2.24, 2.45) is 0 Å². The summed E-state index contributed by atoms with van der Waals surface area (Å²) >= 11 is 0. The maximum Gasteiger partial charge on any atom is 0.416 e. The van der Waals surface area contributed by atoms with Gasteiger partial charge in [0.15, 0.2) is 6.10 Å². The molecule has 28 heavy (non-hydrogen) atoms. The number of carbonyl (C=O) groups excluding carboxylic acids is 3. The second-order valence-electron chi connectivity index (χ2n) is 6.90. The molecule has 0 radical (unpaired) electrons. The first-order valence-corrected chi connectivity index (χ1v) is 8.20. The van der Waals surface area contributed by atoms with E-state index in [4.69, 9.17) is 4.74 Å². The van der Waals surface area contributed by atoms with Crippen LogP contribution in [0.2, 0.25) is 0 Å². The average Bonchev–Trinajstić information content (AvgIpc) is 2.57. The molecule has 0 aliphatic carbocycles. The minimum absolute atomic E-state index is 0.119. The fourth-order valence-corrected chi connectivity index (χ4v) is 2.14. The van der Waals surface area contributed by atoms with Gasteiger partial charge in [-0.15, -0.1) is 0 Å². The summed E-state index contributed by atoms with van der Waals surface area (Å²) in [7, 11) is 1.04. The molecular weight excluding hydrogens is 383 g/mol. The van der Waals surface area contributed by atoms with Crippen LogP contribution in [0.5, 0.6) is 0 Å². The lowest BCUT2D eigenvalue weighted by atomic mass is 10.1. The van der Waals surface area contributed by atoms with Crippen molar-refractivity contribution < 1.29 is 42.1 Å². The zero-order valence-corrected chi connectivity index (χ0v) is 15.8. The molecule has 1 amide bonds. The molecule has 1 aromatic carbocycles. The number of rotatable bonds is 6. The van der Waals surface area contributed by atoms with Gasteiger partial charge in [-0.3, -0.25) is 9.59 Å². The van der Waals surface area contributed by atoms with Crippen LogP contribution in [-0.4, -0.2) is 41.7 Å². The van der Waals surface area contributed by atoms with Crippen molar-refractivity contribution in [3.63, 3.8) is 0 Å². The third-order valence-electron chi connectivity index (χ3n) is 3.40. The van der Waals surface area contributed by atoms with Gasteiger partial charge < -0.3 is 19.9 Å².